The second-order valence-electron chi connectivity index (χ2n) is 15.1. The van der Waals surface area contributed by atoms with Gasteiger partial charge in [0.25, 0.3) is 11.8 Å². The first-order valence-electron chi connectivity index (χ1n) is 16.8. The molecule has 0 radical (unpaired) electrons. The van der Waals surface area contributed by atoms with Gasteiger partial charge in [-0.15, -0.1) is 10.2 Å². The third kappa shape index (κ3) is 7.80. The maximum Gasteiger partial charge on any atom is 0.282 e. The van der Waals surface area contributed by atoms with Gasteiger partial charge in [-0.25, -0.2) is 9.37 Å². The average Bonchev–Trinajstić information content (AvgIpc) is 3.42. The minimum atomic E-state index is -0.501. The predicted molar refractivity (Wildman–Crippen MR) is 180 cm³/mol. The van der Waals surface area contributed by atoms with Crippen LogP contribution in [0, 0.1) is 22.6 Å². The van der Waals surface area contributed by atoms with Crippen molar-refractivity contribution < 1.29 is 18.7 Å². The summed E-state index contributed by atoms with van der Waals surface area (Å²) in [4.78, 5) is 26.9. The molecule has 11 heteroatoms. The van der Waals surface area contributed by atoms with Gasteiger partial charge in [0.15, 0.2) is 5.82 Å². The van der Waals surface area contributed by atoms with Gasteiger partial charge in [0.1, 0.15) is 17.9 Å². The molecule has 2 fully saturated rings. The summed E-state index contributed by atoms with van der Waals surface area (Å²) in [5.41, 5.74) is 0.465. The SMILES string of the molecule is CCN(C(=O)c1cc(F)ccc1Oc1nncnc1N1CCC2(C1)CN(C(C)(C[C@@H](C)CN(C)CCOC)C(C)(C)C)C2)C(C)C. The van der Waals surface area contributed by atoms with Crippen LogP contribution in [0.5, 0.6) is 11.6 Å². The quantitative estimate of drug-likeness (QED) is 0.262. The van der Waals surface area contributed by atoms with Crippen LogP contribution in [0.2, 0.25) is 0 Å². The Bertz CT molecular complexity index is 1330. The average molecular weight is 642 g/mol. The lowest BCUT2D eigenvalue weighted by Crippen LogP contribution is -2.69. The number of hydrogen-bond acceptors (Lipinski definition) is 9. The molecule has 1 spiro atoms. The maximum atomic E-state index is 14.3. The number of rotatable bonds is 14. The Morgan fingerprint density at radius 1 is 1.15 bits per heavy atom. The summed E-state index contributed by atoms with van der Waals surface area (Å²) < 4.78 is 25.9. The molecule has 2 atom stereocenters. The van der Waals surface area contributed by atoms with Gasteiger partial charge in [-0.1, -0.05) is 27.7 Å². The second kappa shape index (κ2) is 14.5. The van der Waals surface area contributed by atoms with Gasteiger partial charge < -0.3 is 24.2 Å². The van der Waals surface area contributed by atoms with E-state index in [0.717, 1.165) is 58.7 Å². The largest absolute Gasteiger partial charge is 0.434 e. The van der Waals surface area contributed by atoms with Crippen molar-refractivity contribution in [2.24, 2.45) is 16.7 Å². The van der Waals surface area contributed by atoms with Crippen LogP contribution in [0.4, 0.5) is 10.2 Å². The Balaban J connectivity index is 1.48. The second-order valence-corrected chi connectivity index (χ2v) is 15.1. The topological polar surface area (TPSA) is 87.2 Å². The van der Waals surface area contributed by atoms with Crippen molar-refractivity contribution in [3.63, 3.8) is 0 Å². The van der Waals surface area contributed by atoms with Crippen LogP contribution in [0.15, 0.2) is 24.5 Å². The molecular formula is C35H56FN7O3. The van der Waals surface area contributed by atoms with Crippen LogP contribution in [0.3, 0.4) is 0 Å². The van der Waals surface area contributed by atoms with E-state index in [4.69, 9.17) is 9.47 Å². The molecule has 2 aliphatic rings. The summed E-state index contributed by atoms with van der Waals surface area (Å²) in [6, 6.07) is 3.95. The number of likely N-dealkylation sites (tertiary alicyclic amines) is 1. The van der Waals surface area contributed by atoms with E-state index in [-0.39, 0.29) is 45.5 Å². The highest BCUT2D eigenvalue weighted by Gasteiger charge is 2.56. The molecule has 46 heavy (non-hydrogen) atoms. The highest BCUT2D eigenvalue weighted by Crippen LogP contribution is 2.50. The van der Waals surface area contributed by atoms with E-state index in [0.29, 0.717) is 18.3 Å². The van der Waals surface area contributed by atoms with Crippen LogP contribution >= 0.6 is 0 Å². The lowest BCUT2D eigenvalue weighted by molar-refractivity contribution is -0.115. The third-order valence-corrected chi connectivity index (χ3v) is 10.3. The molecule has 0 N–H and O–H groups in total. The smallest absolute Gasteiger partial charge is 0.282 e. The summed E-state index contributed by atoms with van der Waals surface area (Å²) in [5, 5.41) is 8.27. The molecule has 10 nitrogen and oxygen atoms in total. The van der Waals surface area contributed by atoms with Gasteiger partial charge in [0.05, 0.1) is 12.2 Å². The number of anilines is 1. The molecule has 2 aliphatic heterocycles. The number of methoxy groups -OCH3 is 1. The van der Waals surface area contributed by atoms with Crippen molar-refractivity contribution in [2.75, 3.05) is 71.5 Å². The summed E-state index contributed by atoms with van der Waals surface area (Å²) in [5.74, 6) is 0.797. The van der Waals surface area contributed by atoms with Crippen LogP contribution in [-0.4, -0.2) is 114 Å². The van der Waals surface area contributed by atoms with E-state index < -0.39 is 5.82 Å². The first-order chi connectivity index (χ1) is 21.6. The number of amides is 1. The van der Waals surface area contributed by atoms with E-state index in [1.165, 1.54) is 24.5 Å². The van der Waals surface area contributed by atoms with Gasteiger partial charge in [0.2, 0.25) is 0 Å². The van der Waals surface area contributed by atoms with E-state index >= 15 is 0 Å². The van der Waals surface area contributed by atoms with Gasteiger partial charge in [-0.2, -0.15) is 0 Å². The Morgan fingerprint density at radius 3 is 2.50 bits per heavy atom. The fourth-order valence-electron chi connectivity index (χ4n) is 7.31. The lowest BCUT2D eigenvalue weighted by atomic mass is 9.65. The number of hydrogen-bond donors (Lipinski definition) is 0. The normalized spacial score (nSPS) is 18.6. The number of carbonyl (C=O) groups excluding carboxylic acids is 1. The van der Waals surface area contributed by atoms with Crippen molar-refractivity contribution in [1.82, 2.24) is 29.9 Å². The number of benzene rings is 1. The number of carbonyl (C=O) groups is 1. The number of ether oxygens (including phenoxy) is 2. The molecule has 0 aliphatic carbocycles. The van der Waals surface area contributed by atoms with Crippen LogP contribution in [0.25, 0.3) is 0 Å². The number of aromatic nitrogens is 3. The lowest BCUT2D eigenvalue weighted by Gasteiger charge is -2.61. The molecule has 2 saturated heterocycles. The van der Waals surface area contributed by atoms with E-state index in [1.54, 1.807) is 12.0 Å². The van der Waals surface area contributed by atoms with Crippen LogP contribution in [0.1, 0.15) is 78.6 Å². The number of nitrogens with zero attached hydrogens (tertiary/aromatic N) is 7. The Hall–Kier alpha value is -2.89. The highest BCUT2D eigenvalue weighted by molar-refractivity contribution is 5.97. The summed E-state index contributed by atoms with van der Waals surface area (Å²) in [7, 11) is 3.93. The molecule has 0 bridgehead atoms. The Kier molecular flexibility index (Phi) is 11.3. The zero-order valence-corrected chi connectivity index (χ0v) is 29.8. The Labute approximate surface area is 275 Å². The molecule has 1 unspecified atom stereocenters. The fourth-order valence-corrected chi connectivity index (χ4v) is 7.31. The molecule has 0 saturated carbocycles. The van der Waals surface area contributed by atoms with E-state index in [1.807, 2.05) is 20.8 Å². The summed E-state index contributed by atoms with van der Waals surface area (Å²) in [6.45, 7) is 24.6. The van der Waals surface area contributed by atoms with Crippen LogP contribution < -0.4 is 9.64 Å². The van der Waals surface area contributed by atoms with Gasteiger partial charge in [-0.3, -0.25) is 9.69 Å². The summed E-state index contributed by atoms with van der Waals surface area (Å²) in [6.07, 6.45) is 3.59. The van der Waals surface area contributed by atoms with Crippen molar-refractivity contribution >= 4 is 11.7 Å². The van der Waals surface area contributed by atoms with Crippen LogP contribution in [-0.2, 0) is 4.74 Å². The molecule has 1 aromatic heterocycles. The van der Waals surface area contributed by atoms with Gasteiger partial charge in [0, 0.05) is 69.9 Å². The number of halogens is 1. The van der Waals surface area contributed by atoms with Crippen molar-refractivity contribution in [3.05, 3.63) is 35.9 Å². The molecule has 1 aromatic carbocycles. The van der Waals surface area contributed by atoms with Gasteiger partial charge in [-0.05, 0) is 77.1 Å². The van der Waals surface area contributed by atoms with Gasteiger partial charge >= 0.3 is 0 Å². The first-order valence-corrected chi connectivity index (χ1v) is 16.8. The van der Waals surface area contributed by atoms with Crippen molar-refractivity contribution in [3.8, 4) is 11.6 Å². The first kappa shape index (κ1) is 36.0. The zero-order valence-electron chi connectivity index (χ0n) is 29.8. The molecule has 3 heterocycles. The minimum Gasteiger partial charge on any atom is -0.434 e. The fraction of sp³-hybridized carbons (Fsp3) is 0.714. The predicted octanol–water partition coefficient (Wildman–Crippen LogP) is 5.59. The molecule has 4 rings (SSSR count). The Morgan fingerprint density at radius 2 is 1.87 bits per heavy atom. The highest BCUT2D eigenvalue weighted by atomic mass is 19.1. The summed E-state index contributed by atoms with van der Waals surface area (Å²) >= 11 is 0. The standard InChI is InChI=1S/C35H56FN7O3/c1-11-43(25(2)3)32(44)28-18-27(36)12-13-29(28)46-31-30(37-24-38-39-31)41-15-14-35(21-41)22-42(23-35)34(8,33(5,6)7)19-26(4)20-40(9)16-17-45-10/h12-13,18,24-26H,11,14-17,19-23H2,1-10H3/t26-,34?/m1/s1. The monoisotopic (exact) mass is 641 g/mol. The van der Waals surface area contributed by atoms with E-state index in [2.05, 4.69) is 71.5 Å². The van der Waals surface area contributed by atoms with Crippen molar-refractivity contribution in [1.29, 1.82) is 0 Å². The minimum absolute atomic E-state index is 0.0456. The number of likely N-dealkylation sites (N-methyl/N-ethyl adjacent to an activating group) is 1. The molecule has 256 valence electrons. The van der Waals surface area contributed by atoms with Crippen molar-refractivity contribution in [2.45, 2.75) is 79.8 Å². The van der Waals surface area contributed by atoms with E-state index in [9.17, 15) is 9.18 Å². The third-order valence-electron chi connectivity index (χ3n) is 10.3. The molecule has 2 aromatic rings. The molecular weight excluding hydrogens is 585 g/mol. The molecule has 1 amide bonds. The maximum absolute atomic E-state index is 14.3. The zero-order chi connectivity index (χ0) is 33.9.